The van der Waals surface area contributed by atoms with Gasteiger partial charge in [-0.1, -0.05) is 0 Å². The Hall–Kier alpha value is -2.95. The largest absolute Gasteiger partial charge is 0.480 e. The quantitative estimate of drug-likeness (QED) is 0.343. The summed E-state index contributed by atoms with van der Waals surface area (Å²) in [5, 5.41) is 11.8. The molecule has 0 fully saturated rings. The molecule has 0 aliphatic heterocycles. The summed E-state index contributed by atoms with van der Waals surface area (Å²) >= 11 is 0. The minimum Gasteiger partial charge on any atom is -0.480 e. The number of hydrogen-bond acceptors (Lipinski definition) is 7. The number of esters is 1. The van der Waals surface area contributed by atoms with Crippen molar-refractivity contribution in [3.63, 3.8) is 0 Å². The van der Waals surface area contributed by atoms with Crippen molar-refractivity contribution in [3.05, 3.63) is 32.6 Å². The Balaban J connectivity index is 2.67. The Kier molecular flexibility index (Phi) is 8.11. The fourth-order valence-electron chi connectivity index (χ4n) is 2.22. The maximum atomic E-state index is 12.4. The molecule has 11 nitrogen and oxygen atoms in total. The molecule has 0 saturated heterocycles. The number of aromatic nitrogens is 2. The molecule has 11 heteroatoms. The molecule has 0 radical (unpaired) electrons. The highest BCUT2D eigenvalue weighted by Crippen LogP contribution is 2.06. The lowest BCUT2D eigenvalue weighted by Crippen LogP contribution is -2.44. The lowest BCUT2D eigenvalue weighted by atomic mass is 10.2. The topological polar surface area (TPSA) is 151 Å². The highest BCUT2D eigenvalue weighted by atomic mass is 16.6. The predicted octanol–water partition coefficient (Wildman–Crippen LogP) is -1.31. The molecular weight excluding hydrogens is 372 g/mol. The monoisotopic (exact) mass is 398 g/mol. The molecule has 0 unspecified atom stereocenters. The van der Waals surface area contributed by atoms with Crippen molar-refractivity contribution in [2.24, 2.45) is 0 Å². The molecule has 0 saturated carbocycles. The lowest BCUT2D eigenvalue weighted by molar-refractivity contribution is -0.153. The minimum atomic E-state index is -1.22. The van der Waals surface area contributed by atoms with E-state index in [4.69, 9.17) is 9.84 Å². The van der Waals surface area contributed by atoms with Crippen LogP contribution < -0.4 is 16.6 Å². The average Bonchev–Trinajstić information content (AvgIpc) is 2.53. The summed E-state index contributed by atoms with van der Waals surface area (Å²) in [6, 6.07) is 0. The van der Waals surface area contributed by atoms with Gasteiger partial charge in [-0.25, -0.2) is 4.79 Å². The van der Waals surface area contributed by atoms with Crippen molar-refractivity contribution >= 4 is 17.8 Å². The first kappa shape index (κ1) is 23.1. The van der Waals surface area contributed by atoms with Gasteiger partial charge in [0.1, 0.15) is 18.7 Å². The number of hydrogen-bond donors (Lipinski definition) is 3. The van der Waals surface area contributed by atoms with Crippen LogP contribution in [-0.4, -0.2) is 69.2 Å². The van der Waals surface area contributed by atoms with Gasteiger partial charge >= 0.3 is 17.6 Å². The van der Waals surface area contributed by atoms with Crippen LogP contribution in [0.5, 0.6) is 0 Å². The Morgan fingerprint density at radius 3 is 2.50 bits per heavy atom. The average molecular weight is 398 g/mol. The number of carboxylic acids is 1. The number of aromatic amines is 1. The van der Waals surface area contributed by atoms with Crippen LogP contribution in [0.4, 0.5) is 0 Å². The first-order valence-corrected chi connectivity index (χ1v) is 8.61. The second-order valence-electron chi connectivity index (χ2n) is 7.17. The Bertz CT molecular complexity index is 835. The first-order chi connectivity index (χ1) is 12.9. The molecule has 1 aromatic rings. The molecular formula is C17H26N4O7. The van der Waals surface area contributed by atoms with Crippen molar-refractivity contribution < 1.29 is 24.2 Å². The van der Waals surface area contributed by atoms with Gasteiger partial charge in [-0.15, -0.1) is 0 Å². The van der Waals surface area contributed by atoms with Crippen LogP contribution in [0, 0.1) is 6.92 Å². The molecule has 0 aliphatic rings. The number of carbonyl (C=O) groups excluding carboxylic acids is 2. The molecule has 1 aromatic heterocycles. The summed E-state index contributed by atoms with van der Waals surface area (Å²) in [6.07, 6.45) is 1.23. The van der Waals surface area contributed by atoms with Crippen molar-refractivity contribution in [3.8, 4) is 0 Å². The predicted molar refractivity (Wildman–Crippen MR) is 99.0 cm³/mol. The van der Waals surface area contributed by atoms with E-state index in [1.807, 2.05) is 0 Å². The number of aliphatic carboxylic acids is 1. The van der Waals surface area contributed by atoms with E-state index < -0.39 is 47.8 Å². The number of amides is 1. The van der Waals surface area contributed by atoms with Crippen LogP contribution in [0.25, 0.3) is 0 Å². The number of H-pyrrole nitrogens is 1. The Morgan fingerprint density at radius 2 is 1.93 bits per heavy atom. The standard InChI is InChI=1S/C17H26N4O7/c1-11-8-21(16(27)19-15(11)26)9-12(22)20(10-13(23)24)6-5-18-7-14(25)28-17(2,3)4/h8,18H,5-7,9-10H2,1-4H3,(H,23,24)(H,19,26,27). The summed E-state index contributed by atoms with van der Waals surface area (Å²) in [7, 11) is 0. The molecule has 0 bridgehead atoms. The van der Waals surface area contributed by atoms with E-state index in [-0.39, 0.29) is 25.2 Å². The highest BCUT2D eigenvalue weighted by Gasteiger charge is 2.19. The number of nitrogens with zero attached hydrogens (tertiary/aromatic N) is 2. The zero-order valence-corrected chi connectivity index (χ0v) is 16.4. The van der Waals surface area contributed by atoms with E-state index in [2.05, 4.69) is 10.3 Å². The molecule has 1 rings (SSSR count). The molecule has 0 aliphatic carbocycles. The summed E-state index contributed by atoms with van der Waals surface area (Å²) in [5.41, 5.74) is -1.69. The second-order valence-corrected chi connectivity index (χ2v) is 7.17. The number of aryl methyl sites for hydroxylation is 1. The molecule has 1 heterocycles. The van der Waals surface area contributed by atoms with Gasteiger partial charge in [-0.3, -0.25) is 28.7 Å². The molecule has 28 heavy (non-hydrogen) atoms. The third kappa shape index (κ3) is 8.16. The summed E-state index contributed by atoms with van der Waals surface area (Å²) < 4.78 is 6.13. The van der Waals surface area contributed by atoms with Gasteiger partial charge in [0.2, 0.25) is 5.91 Å². The first-order valence-electron chi connectivity index (χ1n) is 8.61. The fourth-order valence-corrected chi connectivity index (χ4v) is 2.22. The smallest absolute Gasteiger partial charge is 0.328 e. The minimum absolute atomic E-state index is 0.00498. The van der Waals surface area contributed by atoms with E-state index in [1.165, 1.54) is 13.1 Å². The van der Waals surface area contributed by atoms with Gasteiger partial charge in [0.25, 0.3) is 5.56 Å². The number of carbonyl (C=O) groups is 3. The molecule has 0 spiro atoms. The summed E-state index contributed by atoms with van der Waals surface area (Å²) in [5.74, 6) is -2.31. The number of ether oxygens (including phenoxy) is 1. The van der Waals surface area contributed by atoms with Gasteiger partial charge in [0.05, 0.1) is 6.54 Å². The number of rotatable bonds is 9. The maximum absolute atomic E-state index is 12.4. The zero-order valence-electron chi connectivity index (χ0n) is 16.4. The van der Waals surface area contributed by atoms with E-state index in [9.17, 15) is 24.0 Å². The third-order valence-corrected chi connectivity index (χ3v) is 3.42. The fraction of sp³-hybridized carbons (Fsp3) is 0.588. The molecule has 156 valence electrons. The van der Waals surface area contributed by atoms with Crippen LogP contribution in [0.15, 0.2) is 15.8 Å². The number of carboxylic acid groups (broad SMARTS) is 1. The van der Waals surface area contributed by atoms with Crippen LogP contribution >= 0.6 is 0 Å². The van der Waals surface area contributed by atoms with Crippen molar-refractivity contribution in [1.29, 1.82) is 0 Å². The number of nitrogens with one attached hydrogen (secondary N) is 2. The van der Waals surface area contributed by atoms with Crippen molar-refractivity contribution in [1.82, 2.24) is 19.8 Å². The van der Waals surface area contributed by atoms with Gasteiger partial charge in [0.15, 0.2) is 0 Å². The van der Waals surface area contributed by atoms with E-state index in [1.54, 1.807) is 20.8 Å². The van der Waals surface area contributed by atoms with Crippen molar-refractivity contribution in [2.45, 2.75) is 39.8 Å². The molecule has 0 atom stereocenters. The van der Waals surface area contributed by atoms with E-state index in [0.29, 0.717) is 0 Å². The van der Waals surface area contributed by atoms with E-state index >= 15 is 0 Å². The van der Waals surface area contributed by atoms with Crippen LogP contribution in [0.2, 0.25) is 0 Å². The van der Waals surface area contributed by atoms with Crippen molar-refractivity contribution in [2.75, 3.05) is 26.2 Å². The van der Waals surface area contributed by atoms with Crippen LogP contribution in [0.1, 0.15) is 26.3 Å². The van der Waals surface area contributed by atoms with Crippen LogP contribution in [-0.2, 0) is 25.7 Å². The third-order valence-electron chi connectivity index (χ3n) is 3.42. The SMILES string of the molecule is Cc1cn(CC(=O)N(CCNCC(=O)OC(C)(C)C)CC(=O)O)c(=O)[nH]c1=O. The Labute approximate surface area is 161 Å². The van der Waals surface area contributed by atoms with E-state index in [0.717, 1.165) is 9.47 Å². The van der Waals surface area contributed by atoms with Crippen LogP contribution in [0.3, 0.4) is 0 Å². The maximum Gasteiger partial charge on any atom is 0.328 e. The molecule has 3 N–H and O–H groups in total. The normalized spacial score (nSPS) is 11.1. The molecule has 1 amide bonds. The Morgan fingerprint density at radius 1 is 1.29 bits per heavy atom. The second kappa shape index (κ2) is 9.83. The van der Waals surface area contributed by atoms with Gasteiger partial charge in [-0.2, -0.15) is 0 Å². The molecule has 0 aromatic carbocycles. The highest BCUT2D eigenvalue weighted by molar-refractivity contribution is 5.81. The summed E-state index contributed by atoms with van der Waals surface area (Å²) in [4.78, 5) is 61.3. The van der Waals surface area contributed by atoms with Gasteiger partial charge in [-0.05, 0) is 27.7 Å². The zero-order chi connectivity index (χ0) is 21.5. The summed E-state index contributed by atoms with van der Waals surface area (Å²) in [6.45, 7) is 5.76. The van der Waals surface area contributed by atoms with Gasteiger partial charge in [0, 0.05) is 24.8 Å². The van der Waals surface area contributed by atoms with Gasteiger partial charge < -0.3 is 20.1 Å². The lowest BCUT2D eigenvalue weighted by Gasteiger charge is -2.22.